The van der Waals surface area contributed by atoms with Crippen LogP contribution < -0.4 is 10.6 Å². The topological polar surface area (TPSA) is 67.4 Å². The molecular weight excluding hydrogens is 256 g/mol. The highest BCUT2D eigenvalue weighted by Crippen LogP contribution is 2.01. The Bertz CT molecular complexity index is 432. The monoisotopic (exact) mass is 276 g/mol. The third-order valence-corrected chi connectivity index (χ3v) is 2.53. The first-order valence-electron chi connectivity index (χ1n) is 6.54. The van der Waals surface area contributed by atoms with Gasteiger partial charge in [0.15, 0.2) is 0 Å². The minimum atomic E-state index is -0.511. The van der Waals surface area contributed by atoms with E-state index in [1.54, 1.807) is 0 Å². The van der Waals surface area contributed by atoms with Crippen molar-refractivity contribution in [3.8, 4) is 0 Å². The summed E-state index contributed by atoms with van der Waals surface area (Å²) in [5, 5.41) is 5.26. The van der Waals surface area contributed by atoms with Gasteiger partial charge < -0.3 is 15.4 Å². The highest BCUT2D eigenvalue weighted by molar-refractivity contribution is 5.76. The summed E-state index contributed by atoms with van der Waals surface area (Å²) in [5.74, 6) is -0.0323. The lowest BCUT2D eigenvalue weighted by Crippen LogP contribution is -2.35. The smallest absolute Gasteiger partial charge is 0.407 e. The Hall–Kier alpha value is -2.30. The molecule has 0 fully saturated rings. The number of aryl methyl sites for hydroxylation is 1. The van der Waals surface area contributed by atoms with Crippen LogP contribution >= 0.6 is 0 Å². The first kappa shape index (κ1) is 15.8. The van der Waals surface area contributed by atoms with Crippen LogP contribution in [0.4, 0.5) is 4.79 Å². The van der Waals surface area contributed by atoms with Crippen LogP contribution in [0.2, 0.25) is 0 Å². The lowest BCUT2D eigenvalue weighted by molar-refractivity contribution is -0.121. The van der Waals surface area contributed by atoms with Gasteiger partial charge in [-0.15, -0.1) is 0 Å². The van der Waals surface area contributed by atoms with Crippen LogP contribution in [0.25, 0.3) is 0 Å². The Morgan fingerprint density at radius 3 is 2.55 bits per heavy atom. The van der Waals surface area contributed by atoms with Crippen molar-refractivity contribution in [3.05, 3.63) is 48.6 Å². The van der Waals surface area contributed by atoms with Gasteiger partial charge in [0.1, 0.15) is 6.61 Å². The normalized spacial score (nSPS) is 9.60. The highest BCUT2D eigenvalue weighted by Gasteiger charge is 2.03. The van der Waals surface area contributed by atoms with Gasteiger partial charge in [-0.1, -0.05) is 43.0 Å². The van der Waals surface area contributed by atoms with Gasteiger partial charge >= 0.3 is 6.09 Å². The van der Waals surface area contributed by atoms with Gasteiger partial charge in [-0.2, -0.15) is 0 Å². The van der Waals surface area contributed by atoms with Crippen LogP contribution in [0, 0.1) is 0 Å². The summed E-state index contributed by atoms with van der Waals surface area (Å²) < 4.78 is 4.72. The van der Waals surface area contributed by atoms with E-state index < -0.39 is 6.09 Å². The molecule has 5 heteroatoms. The van der Waals surface area contributed by atoms with E-state index in [9.17, 15) is 9.59 Å². The fraction of sp³-hybridized carbons (Fsp3) is 0.333. The van der Waals surface area contributed by atoms with Gasteiger partial charge in [0.25, 0.3) is 0 Å². The molecule has 0 radical (unpaired) electrons. The lowest BCUT2D eigenvalue weighted by atomic mass is 10.1. The van der Waals surface area contributed by atoms with E-state index in [1.807, 2.05) is 30.3 Å². The Labute approximate surface area is 119 Å². The standard InChI is InChI=1S/C15H20N2O3/c1-2-12-20-15(19)17-11-10-16-14(18)9-8-13-6-4-3-5-7-13/h2-7H,1,8-12H2,(H,16,18)(H,17,19). The fourth-order valence-corrected chi connectivity index (χ4v) is 1.54. The molecule has 0 aliphatic heterocycles. The molecule has 0 heterocycles. The van der Waals surface area contributed by atoms with Gasteiger partial charge in [0.05, 0.1) is 0 Å². The minimum absolute atomic E-state index is 0.0323. The third-order valence-electron chi connectivity index (χ3n) is 2.53. The highest BCUT2D eigenvalue weighted by atomic mass is 16.5. The summed E-state index contributed by atoms with van der Waals surface area (Å²) in [6, 6.07) is 9.83. The number of benzene rings is 1. The predicted octanol–water partition coefficient (Wildman–Crippen LogP) is 1.65. The van der Waals surface area contributed by atoms with Crippen LogP contribution in [0.1, 0.15) is 12.0 Å². The quantitative estimate of drug-likeness (QED) is 0.560. The third kappa shape index (κ3) is 7.20. The average molecular weight is 276 g/mol. The van der Waals surface area contributed by atoms with E-state index >= 15 is 0 Å². The Morgan fingerprint density at radius 2 is 1.85 bits per heavy atom. The number of hydrogen-bond acceptors (Lipinski definition) is 3. The van der Waals surface area contributed by atoms with Crippen molar-refractivity contribution in [1.82, 2.24) is 10.6 Å². The molecule has 1 rings (SSSR count). The van der Waals surface area contributed by atoms with E-state index in [1.165, 1.54) is 6.08 Å². The van der Waals surface area contributed by atoms with Crippen molar-refractivity contribution in [1.29, 1.82) is 0 Å². The zero-order valence-electron chi connectivity index (χ0n) is 11.4. The number of ether oxygens (including phenoxy) is 1. The number of carbonyl (C=O) groups excluding carboxylic acids is 2. The Morgan fingerprint density at radius 1 is 1.15 bits per heavy atom. The lowest BCUT2D eigenvalue weighted by Gasteiger charge is -2.07. The predicted molar refractivity (Wildman–Crippen MR) is 77.3 cm³/mol. The molecule has 108 valence electrons. The largest absolute Gasteiger partial charge is 0.445 e. The first-order valence-corrected chi connectivity index (χ1v) is 6.54. The van der Waals surface area contributed by atoms with E-state index in [0.29, 0.717) is 25.9 Å². The SMILES string of the molecule is C=CCOC(=O)NCCNC(=O)CCc1ccccc1. The molecule has 0 saturated carbocycles. The molecule has 2 N–H and O–H groups in total. The molecule has 2 amide bonds. The van der Waals surface area contributed by atoms with Crippen molar-refractivity contribution in [2.75, 3.05) is 19.7 Å². The van der Waals surface area contributed by atoms with E-state index in [4.69, 9.17) is 4.74 Å². The molecule has 1 aromatic rings. The van der Waals surface area contributed by atoms with E-state index in [-0.39, 0.29) is 12.5 Å². The molecule has 5 nitrogen and oxygen atoms in total. The van der Waals surface area contributed by atoms with Crippen molar-refractivity contribution in [2.24, 2.45) is 0 Å². The summed E-state index contributed by atoms with van der Waals surface area (Å²) in [5.41, 5.74) is 1.13. The summed E-state index contributed by atoms with van der Waals surface area (Å²) in [4.78, 5) is 22.6. The number of amides is 2. The second kappa shape index (κ2) is 9.61. The Kier molecular flexibility index (Phi) is 7.57. The van der Waals surface area contributed by atoms with Crippen LogP contribution in [0.3, 0.4) is 0 Å². The summed E-state index contributed by atoms with van der Waals surface area (Å²) in [6.45, 7) is 4.34. The molecule has 0 aliphatic rings. The summed E-state index contributed by atoms with van der Waals surface area (Å²) in [6.07, 6.45) is 2.13. The van der Waals surface area contributed by atoms with Crippen LogP contribution in [-0.2, 0) is 16.0 Å². The van der Waals surface area contributed by atoms with Gasteiger partial charge in [-0.25, -0.2) is 4.79 Å². The number of nitrogens with one attached hydrogen (secondary N) is 2. The Balaban J connectivity index is 2.06. The van der Waals surface area contributed by atoms with Crippen molar-refractivity contribution >= 4 is 12.0 Å². The molecule has 0 bridgehead atoms. The van der Waals surface area contributed by atoms with Crippen LogP contribution in [0.5, 0.6) is 0 Å². The number of rotatable bonds is 8. The average Bonchev–Trinajstić information content (AvgIpc) is 2.48. The number of carbonyl (C=O) groups is 2. The number of alkyl carbamates (subject to hydrolysis) is 1. The van der Waals surface area contributed by atoms with E-state index in [2.05, 4.69) is 17.2 Å². The summed E-state index contributed by atoms with van der Waals surface area (Å²) in [7, 11) is 0. The summed E-state index contributed by atoms with van der Waals surface area (Å²) >= 11 is 0. The van der Waals surface area contributed by atoms with Crippen molar-refractivity contribution in [2.45, 2.75) is 12.8 Å². The molecule has 0 saturated heterocycles. The van der Waals surface area contributed by atoms with E-state index in [0.717, 1.165) is 5.56 Å². The molecule has 1 aromatic carbocycles. The fourth-order valence-electron chi connectivity index (χ4n) is 1.54. The molecule has 20 heavy (non-hydrogen) atoms. The maximum Gasteiger partial charge on any atom is 0.407 e. The minimum Gasteiger partial charge on any atom is -0.445 e. The van der Waals surface area contributed by atoms with Gasteiger partial charge in [-0.05, 0) is 12.0 Å². The molecule has 0 aromatic heterocycles. The van der Waals surface area contributed by atoms with Gasteiger partial charge in [0, 0.05) is 19.5 Å². The second-order valence-electron chi connectivity index (χ2n) is 4.15. The molecular formula is C15H20N2O3. The number of hydrogen-bond donors (Lipinski definition) is 2. The van der Waals surface area contributed by atoms with Crippen LogP contribution in [0.15, 0.2) is 43.0 Å². The zero-order chi connectivity index (χ0) is 14.6. The maximum atomic E-state index is 11.6. The molecule has 0 aliphatic carbocycles. The van der Waals surface area contributed by atoms with Crippen LogP contribution in [-0.4, -0.2) is 31.7 Å². The van der Waals surface area contributed by atoms with Crippen molar-refractivity contribution < 1.29 is 14.3 Å². The molecule has 0 spiro atoms. The van der Waals surface area contributed by atoms with Crippen molar-refractivity contribution in [3.63, 3.8) is 0 Å². The second-order valence-corrected chi connectivity index (χ2v) is 4.15. The first-order chi connectivity index (χ1) is 9.72. The van der Waals surface area contributed by atoms with Gasteiger partial charge in [0.2, 0.25) is 5.91 Å². The molecule has 0 unspecified atom stereocenters. The molecule has 0 atom stereocenters. The van der Waals surface area contributed by atoms with Gasteiger partial charge in [-0.3, -0.25) is 4.79 Å². The maximum absolute atomic E-state index is 11.6. The zero-order valence-corrected chi connectivity index (χ0v) is 11.4.